The van der Waals surface area contributed by atoms with E-state index in [1.165, 1.54) is 0 Å². The van der Waals surface area contributed by atoms with Gasteiger partial charge in [-0.25, -0.2) is 4.68 Å². The third-order valence-corrected chi connectivity index (χ3v) is 4.79. The molecule has 0 spiro atoms. The number of pyridine rings is 1. The first kappa shape index (κ1) is 13.9. The molecule has 0 saturated heterocycles. The van der Waals surface area contributed by atoms with Gasteiger partial charge in [-0.2, -0.15) is 0 Å². The molecule has 0 unspecified atom stereocenters. The Morgan fingerprint density at radius 1 is 0.958 bits per heavy atom. The van der Waals surface area contributed by atoms with Crippen molar-refractivity contribution in [3.63, 3.8) is 0 Å². The Labute approximate surface area is 146 Å². The summed E-state index contributed by atoms with van der Waals surface area (Å²) in [6.07, 6.45) is 4.28. The van der Waals surface area contributed by atoms with E-state index in [9.17, 15) is 0 Å². The topological polar surface area (TPSA) is 60.9 Å². The molecule has 5 rings (SSSR count). The highest BCUT2D eigenvalue weighted by molar-refractivity contribution is 9.10. The fourth-order valence-corrected chi connectivity index (χ4v) is 3.21. The summed E-state index contributed by atoms with van der Waals surface area (Å²) >= 11 is 3.47. The normalized spacial score (nSPS) is 14.4. The molecule has 1 aliphatic rings. The lowest BCUT2D eigenvalue weighted by atomic mass is 10.2. The Bertz CT molecular complexity index is 1030. The molecule has 1 aliphatic carbocycles. The first-order valence-electron chi connectivity index (χ1n) is 7.83. The summed E-state index contributed by atoms with van der Waals surface area (Å²) in [5.41, 5.74) is 3.76. The van der Waals surface area contributed by atoms with Gasteiger partial charge in [0.1, 0.15) is 0 Å². The number of benzene rings is 1. The number of rotatable bonds is 3. The van der Waals surface area contributed by atoms with Crippen LogP contribution >= 0.6 is 15.9 Å². The van der Waals surface area contributed by atoms with Crippen molar-refractivity contribution in [1.29, 1.82) is 0 Å². The molecule has 24 heavy (non-hydrogen) atoms. The fourth-order valence-electron chi connectivity index (χ4n) is 2.95. The zero-order chi connectivity index (χ0) is 16.1. The highest BCUT2D eigenvalue weighted by Gasteiger charge is 2.33. The minimum Gasteiger partial charge on any atom is -0.281 e. The second kappa shape index (κ2) is 5.24. The highest BCUT2D eigenvalue weighted by atomic mass is 79.9. The van der Waals surface area contributed by atoms with Crippen LogP contribution in [0, 0.1) is 0 Å². The van der Waals surface area contributed by atoms with E-state index in [1.807, 2.05) is 57.7 Å². The molecule has 118 valence electrons. The van der Waals surface area contributed by atoms with Crippen molar-refractivity contribution in [1.82, 2.24) is 29.6 Å². The van der Waals surface area contributed by atoms with Crippen LogP contribution in [0.4, 0.5) is 0 Å². The molecule has 6 nitrogen and oxygen atoms in total. The van der Waals surface area contributed by atoms with E-state index in [0.717, 1.165) is 45.9 Å². The lowest BCUT2D eigenvalue weighted by molar-refractivity contribution is 0.763. The van der Waals surface area contributed by atoms with E-state index in [-0.39, 0.29) is 0 Å². The molecule has 0 N–H and O–H groups in total. The van der Waals surface area contributed by atoms with E-state index >= 15 is 0 Å². The van der Waals surface area contributed by atoms with Crippen molar-refractivity contribution in [2.75, 3.05) is 0 Å². The number of aromatic nitrogens is 6. The van der Waals surface area contributed by atoms with Gasteiger partial charge in [-0.05, 0) is 49.2 Å². The summed E-state index contributed by atoms with van der Waals surface area (Å²) < 4.78 is 4.94. The van der Waals surface area contributed by atoms with Crippen LogP contribution in [0.1, 0.15) is 24.5 Å². The zero-order valence-corrected chi connectivity index (χ0v) is 14.3. The Balaban J connectivity index is 1.71. The second-order valence-corrected chi connectivity index (χ2v) is 6.85. The number of hydrogen-bond acceptors (Lipinski definition) is 4. The van der Waals surface area contributed by atoms with Crippen LogP contribution in [0.2, 0.25) is 0 Å². The van der Waals surface area contributed by atoms with Crippen molar-refractivity contribution in [3.05, 3.63) is 58.8 Å². The molecule has 3 heterocycles. The predicted octanol–water partition coefficient (Wildman–Crippen LogP) is 3.62. The molecule has 1 fully saturated rings. The van der Waals surface area contributed by atoms with Crippen LogP contribution in [0.3, 0.4) is 0 Å². The Morgan fingerprint density at radius 2 is 1.79 bits per heavy atom. The molecule has 1 saturated carbocycles. The molecule has 0 radical (unpaired) electrons. The molecule has 4 aromatic rings. The average molecular weight is 381 g/mol. The number of nitrogens with zero attached hydrogens (tertiary/aromatic N) is 6. The summed E-state index contributed by atoms with van der Waals surface area (Å²) in [4.78, 5) is 0. The van der Waals surface area contributed by atoms with E-state index in [4.69, 9.17) is 0 Å². The van der Waals surface area contributed by atoms with E-state index in [2.05, 4.69) is 36.4 Å². The molecule has 3 aromatic heterocycles. The SMILES string of the molecule is Brc1ccc(-n2nnc(-c3nnc4ccccn34)c2C2CC2)cc1. The molecule has 0 amide bonds. The molecule has 0 bridgehead atoms. The maximum atomic E-state index is 4.45. The quantitative estimate of drug-likeness (QED) is 0.544. The highest BCUT2D eigenvalue weighted by Crippen LogP contribution is 2.44. The minimum atomic E-state index is 0.481. The second-order valence-electron chi connectivity index (χ2n) is 5.94. The van der Waals surface area contributed by atoms with Gasteiger partial charge in [-0.3, -0.25) is 4.40 Å². The van der Waals surface area contributed by atoms with Gasteiger partial charge in [0, 0.05) is 16.6 Å². The summed E-state index contributed by atoms with van der Waals surface area (Å²) in [6, 6.07) is 14.0. The maximum absolute atomic E-state index is 4.45. The van der Waals surface area contributed by atoms with Crippen LogP contribution in [0.25, 0.3) is 22.9 Å². The third kappa shape index (κ3) is 2.16. The first-order chi connectivity index (χ1) is 11.8. The number of fused-ring (bicyclic) bond motifs is 1. The van der Waals surface area contributed by atoms with Crippen LogP contribution in [-0.4, -0.2) is 29.6 Å². The first-order valence-corrected chi connectivity index (χ1v) is 8.62. The van der Waals surface area contributed by atoms with Crippen molar-refractivity contribution in [3.8, 4) is 17.2 Å². The van der Waals surface area contributed by atoms with Gasteiger partial charge < -0.3 is 0 Å². The molecular formula is C17H13BrN6. The molecular weight excluding hydrogens is 368 g/mol. The van der Waals surface area contributed by atoms with E-state index < -0.39 is 0 Å². The molecule has 7 heteroatoms. The van der Waals surface area contributed by atoms with Gasteiger partial charge in [0.2, 0.25) is 0 Å². The lowest BCUT2D eigenvalue weighted by Gasteiger charge is -2.06. The zero-order valence-electron chi connectivity index (χ0n) is 12.7. The average Bonchev–Trinajstić information content (AvgIpc) is 3.21. The Kier molecular flexibility index (Phi) is 3.02. The fraction of sp³-hybridized carbons (Fsp3) is 0.176. The van der Waals surface area contributed by atoms with Crippen LogP contribution in [0.15, 0.2) is 53.1 Å². The van der Waals surface area contributed by atoms with Crippen LogP contribution in [0.5, 0.6) is 0 Å². The summed E-state index contributed by atoms with van der Waals surface area (Å²) in [5, 5.41) is 17.4. The van der Waals surface area contributed by atoms with Gasteiger partial charge in [-0.15, -0.1) is 15.3 Å². The van der Waals surface area contributed by atoms with E-state index in [0.29, 0.717) is 5.92 Å². The molecule has 1 aromatic carbocycles. The van der Waals surface area contributed by atoms with Crippen molar-refractivity contribution >= 4 is 21.6 Å². The van der Waals surface area contributed by atoms with Gasteiger partial charge in [0.25, 0.3) is 0 Å². The van der Waals surface area contributed by atoms with Gasteiger partial charge in [0.05, 0.1) is 11.4 Å². The summed E-state index contributed by atoms with van der Waals surface area (Å²) in [6.45, 7) is 0. The Hall–Kier alpha value is -2.54. The van der Waals surface area contributed by atoms with Crippen molar-refractivity contribution < 1.29 is 0 Å². The van der Waals surface area contributed by atoms with Crippen LogP contribution in [-0.2, 0) is 0 Å². The standard InChI is InChI=1S/C17H13BrN6/c18-12-6-8-13(9-7-12)24-16(11-4-5-11)15(20-22-24)17-21-19-14-3-1-2-10-23(14)17/h1-3,6-11H,4-5H2. The summed E-state index contributed by atoms with van der Waals surface area (Å²) in [7, 11) is 0. The smallest absolute Gasteiger partial charge is 0.190 e. The maximum Gasteiger partial charge on any atom is 0.190 e. The lowest BCUT2D eigenvalue weighted by Crippen LogP contribution is -2.02. The largest absolute Gasteiger partial charge is 0.281 e. The van der Waals surface area contributed by atoms with Crippen molar-refractivity contribution in [2.45, 2.75) is 18.8 Å². The van der Waals surface area contributed by atoms with Gasteiger partial charge in [-0.1, -0.05) is 27.2 Å². The van der Waals surface area contributed by atoms with Crippen LogP contribution < -0.4 is 0 Å². The van der Waals surface area contributed by atoms with E-state index in [1.54, 1.807) is 0 Å². The molecule has 0 aliphatic heterocycles. The monoisotopic (exact) mass is 380 g/mol. The minimum absolute atomic E-state index is 0.481. The number of halogens is 1. The van der Waals surface area contributed by atoms with Gasteiger partial charge in [0.15, 0.2) is 17.2 Å². The molecule has 0 atom stereocenters. The Morgan fingerprint density at radius 3 is 2.58 bits per heavy atom. The van der Waals surface area contributed by atoms with Gasteiger partial charge >= 0.3 is 0 Å². The predicted molar refractivity (Wildman–Crippen MR) is 93.0 cm³/mol. The number of hydrogen-bond donors (Lipinski definition) is 0. The third-order valence-electron chi connectivity index (χ3n) is 4.27. The summed E-state index contributed by atoms with van der Waals surface area (Å²) in [5.74, 6) is 1.23. The van der Waals surface area contributed by atoms with Crippen molar-refractivity contribution in [2.24, 2.45) is 0 Å².